The van der Waals surface area contributed by atoms with Crippen LogP contribution in [0.5, 0.6) is 5.75 Å². The first-order chi connectivity index (χ1) is 20.2. The van der Waals surface area contributed by atoms with Gasteiger partial charge in [0, 0.05) is 23.9 Å². The molecule has 43 heavy (non-hydrogen) atoms. The van der Waals surface area contributed by atoms with E-state index in [9.17, 15) is 30.8 Å². The molecule has 0 spiro atoms. The number of aromatic nitrogens is 2. The van der Waals surface area contributed by atoms with Crippen LogP contribution in [0.15, 0.2) is 93.4 Å². The summed E-state index contributed by atoms with van der Waals surface area (Å²) < 4.78 is 84.9. The summed E-state index contributed by atoms with van der Waals surface area (Å²) in [6.07, 6.45) is -2.36. The molecule has 0 fully saturated rings. The number of halogens is 5. The maximum Gasteiger partial charge on any atom is 0.490 e. The molecule has 10 nitrogen and oxygen atoms in total. The first kappa shape index (κ1) is 31.1. The third kappa shape index (κ3) is 6.79. The SMILES string of the molecule is COc1cc(-c2cccc(F)c2)c(Cl)cc1N(c1ccon1)S(=O)(=O)c1ccc2c[nH]c(=O)cc2c1.O=C(O)C(F)(F)F. The number of anilines is 2. The van der Waals surface area contributed by atoms with E-state index in [4.69, 9.17) is 30.8 Å². The van der Waals surface area contributed by atoms with Crippen molar-refractivity contribution in [3.63, 3.8) is 0 Å². The first-order valence-corrected chi connectivity index (χ1v) is 13.6. The van der Waals surface area contributed by atoms with Crippen molar-refractivity contribution >= 4 is 49.9 Å². The van der Waals surface area contributed by atoms with Gasteiger partial charge in [0.1, 0.15) is 23.5 Å². The molecule has 0 aliphatic rings. The molecule has 0 unspecified atom stereocenters. The van der Waals surface area contributed by atoms with E-state index in [1.54, 1.807) is 18.2 Å². The number of methoxy groups -OCH3 is 1. The number of alkyl halides is 3. The van der Waals surface area contributed by atoms with Crippen LogP contribution in [0.3, 0.4) is 0 Å². The average molecular weight is 640 g/mol. The van der Waals surface area contributed by atoms with Crippen molar-refractivity contribution < 1.29 is 45.1 Å². The highest BCUT2D eigenvalue weighted by molar-refractivity contribution is 7.93. The predicted octanol–water partition coefficient (Wildman–Crippen LogP) is 6.14. The van der Waals surface area contributed by atoms with Gasteiger partial charge >= 0.3 is 12.1 Å². The molecule has 0 aliphatic heterocycles. The molecule has 16 heteroatoms. The Kier molecular flexibility index (Phi) is 8.77. The number of H-pyrrole nitrogens is 1. The van der Waals surface area contributed by atoms with E-state index in [0.29, 0.717) is 21.9 Å². The number of benzene rings is 3. The van der Waals surface area contributed by atoms with Crippen molar-refractivity contribution in [3.05, 3.63) is 100 Å². The van der Waals surface area contributed by atoms with Crippen LogP contribution in [0, 0.1) is 5.82 Å². The van der Waals surface area contributed by atoms with Crippen molar-refractivity contribution in [2.45, 2.75) is 11.1 Å². The smallest absolute Gasteiger partial charge is 0.490 e. The van der Waals surface area contributed by atoms with Gasteiger partial charge in [0.05, 0.1) is 17.0 Å². The number of aliphatic carboxylic acids is 1. The number of aromatic amines is 1. The monoisotopic (exact) mass is 639 g/mol. The van der Waals surface area contributed by atoms with Crippen LogP contribution in [0.1, 0.15) is 0 Å². The molecule has 0 saturated heterocycles. The molecule has 2 aromatic heterocycles. The van der Waals surface area contributed by atoms with Gasteiger partial charge in [-0.15, -0.1) is 0 Å². The summed E-state index contributed by atoms with van der Waals surface area (Å²) in [4.78, 5) is 23.1. The Labute approximate surface area is 244 Å². The number of carboxylic acid groups (broad SMARTS) is 1. The van der Waals surface area contributed by atoms with Gasteiger partial charge in [0.15, 0.2) is 5.82 Å². The first-order valence-electron chi connectivity index (χ1n) is 11.7. The molecule has 3 aromatic carbocycles. The van der Waals surface area contributed by atoms with Crippen molar-refractivity contribution in [1.82, 2.24) is 10.1 Å². The van der Waals surface area contributed by atoms with Gasteiger partial charge in [0.2, 0.25) is 5.56 Å². The quantitative estimate of drug-likeness (QED) is 0.211. The molecule has 0 atom stereocenters. The highest BCUT2D eigenvalue weighted by Crippen LogP contribution is 2.43. The minimum Gasteiger partial charge on any atom is -0.495 e. The molecule has 5 rings (SSSR count). The number of carbonyl (C=O) groups is 1. The Morgan fingerprint density at radius 3 is 2.40 bits per heavy atom. The fraction of sp³-hybridized carbons (Fsp3) is 0.0741. The van der Waals surface area contributed by atoms with E-state index in [0.717, 1.165) is 4.31 Å². The minimum atomic E-state index is -5.08. The molecular formula is C27H18ClF4N3O7S. The highest BCUT2D eigenvalue weighted by atomic mass is 35.5. The molecule has 0 bridgehead atoms. The van der Waals surface area contributed by atoms with Gasteiger partial charge in [0.25, 0.3) is 10.0 Å². The summed E-state index contributed by atoms with van der Waals surface area (Å²) >= 11 is 6.56. The second kappa shape index (κ2) is 12.1. The lowest BCUT2D eigenvalue weighted by atomic mass is 10.0. The average Bonchev–Trinajstić information content (AvgIpc) is 3.47. The summed E-state index contributed by atoms with van der Waals surface area (Å²) in [7, 11) is -2.94. The van der Waals surface area contributed by atoms with E-state index in [1.165, 1.54) is 68.1 Å². The molecule has 0 saturated carbocycles. The van der Waals surface area contributed by atoms with Crippen molar-refractivity contribution in [1.29, 1.82) is 0 Å². The molecule has 0 radical (unpaired) electrons. The van der Waals surface area contributed by atoms with Crippen LogP contribution in [0.2, 0.25) is 5.02 Å². The van der Waals surface area contributed by atoms with E-state index >= 15 is 0 Å². The second-order valence-electron chi connectivity index (χ2n) is 8.53. The Hall–Kier alpha value is -4.89. The Morgan fingerprint density at radius 2 is 1.79 bits per heavy atom. The van der Waals surface area contributed by atoms with Gasteiger partial charge in [-0.1, -0.05) is 35.0 Å². The molecule has 2 N–H and O–H groups in total. The summed E-state index contributed by atoms with van der Waals surface area (Å²) in [5, 5.41) is 12.2. The van der Waals surface area contributed by atoms with Crippen LogP contribution in [-0.4, -0.2) is 42.9 Å². The Balaban J connectivity index is 0.000000541. The maximum atomic E-state index is 13.9. The van der Waals surface area contributed by atoms with Crippen LogP contribution in [0.4, 0.5) is 29.1 Å². The molecule has 0 aliphatic carbocycles. The summed E-state index contributed by atoms with van der Waals surface area (Å²) in [6.45, 7) is 0. The fourth-order valence-corrected chi connectivity index (χ4v) is 5.57. The zero-order chi connectivity index (χ0) is 31.5. The molecule has 2 heterocycles. The zero-order valence-corrected chi connectivity index (χ0v) is 23.2. The maximum absolute atomic E-state index is 13.9. The van der Waals surface area contributed by atoms with Gasteiger partial charge in [-0.05, 0) is 52.7 Å². The van der Waals surface area contributed by atoms with E-state index < -0.39 is 28.0 Å². The Bertz CT molecular complexity index is 1960. The van der Waals surface area contributed by atoms with Crippen LogP contribution < -0.4 is 14.6 Å². The molecule has 224 valence electrons. The number of hydrogen-bond donors (Lipinski definition) is 2. The zero-order valence-electron chi connectivity index (χ0n) is 21.6. The van der Waals surface area contributed by atoms with Gasteiger partial charge in [-0.25, -0.2) is 21.9 Å². The lowest BCUT2D eigenvalue weighted by Gasteiger charge is -2.24. The van der Waals surface area contributed by atoms with Crippen molar-refractivity contribution in [2.24, 2.45) is 0 Å². The van der Waals surface area contributed by atoms with Crippen LogP contribution in [0.25, 0.3) is 21.9 Å². The predicted molar refractivity (Wildman–Crippen MR) is 147 cm³/mol. The van der Waals surface area contributed by atoms with Crippen molar-refractivity contribution in [3.8, 4) is 16.9 Å². The minimum absolute atomic E-state index is 0.0473. The van der Waals surface area contributed by atoms with Crippen LogP contribution >= 0.6 is 11.6 Å². The summed E-state index contributed by atoms with van der Waals surface area (Å²) in [6, 6.07) is 15.8. The number of carboxylic acids is 1. The lowest BCUT2D eigenvalue weighted by Crippen LogP contribution is -2.27. The number of nitrogens with one attached hydrogen (secondary N) is 1. The van der Waals surface area contributed by atoms with Crippen LogP contribution in [-0.2, 0) is 14.8 Å². The molecule has 0 amide bonds. The second-order valence-corrected chi connectivity index (χ2v) is 10.7. The molecule has 5 aromatic rings. The molecular weight excluding hydrogens is 622 g/mol. The fourth-order valence-electron chi connectivity index (χ4n) is 3.84. The standard InChI is InChI=1S/C25H17ClFN3O5S.C2HF3O2/c1-34-23-12-20(15-3-2-4-18(27)9-15)21(26)13-22(23)30(24-7-8-35-29-24)36(32,33)19-6-5-16-14-28-25(31)11-17(16)10-19;3-2(4,5)1(6)7/h2-14H,1H3,(H,28,31);(H,6,7). The highest BCUT2D eigenvalue weighted by Gasteiger charge is 2.38. The van der Waals surface area contributed by atoms with Gasteiger partial charge in [-0.3, -0.25) is 4.79 Å². The number of nitrogens with zero attached hydrogens (tertiary/aromatic N) is 2. The van der Waals surface area contributed by atoms with E-state index in [2.05, 4.69) is 10.1 Å². The number of hydrogen-bond acceptors (Lipinski definition) is 7. The number of rotatable bonds is 6. The van der Waals surface area contributed by atoms with Gasteiger partial charge < -0.3 is 19.4 Å². The third-order valence-electron chi connectivity index (χ3n) is 5.75. The van der Waals surface area contributed by atoms with E-state index in [1.807, 2.05) is 0 Å². The third-order valence-corrected chi connectivity index (χ3v) is 7.78. The van der Waals surface area contributed by atoms with Crippen molar-refractivity contribution in [2.75, 3.05) is 11.4 Å². The van der Waals surface area contributed by atoms with Gasteiger partial charge in [-0.2, -0.15) is 13.2 Å². The number of sulfonamides is 1. The van der Waals surface area contributed by atoms with E-state index in [-0.39, 0.29) is 32.7 Å². The number of pyridine rings is 1. The normalized spacial score (nSPS) is 11.5. The Morgan fingerprint density at radius 1 is 1.07 bits per heavy atom. The largest absolute Gasteiger partial charge is 0.495 e. The number of fused-ring (bicyclic) bond motifs is 1. The summed E-state index contributed by atoms with van der Waals surface area (Å²) in [5.41, 5.74) is 0.619. The topological polar surface area (TPSA) is 143 Å². The lowest BCUT2D eigenvalue weighted by molar-refractivity contribution is -0.192. The summed E-state index contributed by atoms with van der Waals surface area (Å²) in [5.74, 6) is -3.11. The number of ether oxygens (including phenoxy) is 1.